The van der Waals surface area contributed by atoms with E-state index in [4.69, 9.17) is 10.5 Å². The summed E-state index contributed by atoms with van der Waals surface area (Å²) in [6.07, 6.45) is 1.67. The van der Waals surface area contributed by atoms with Gasteiger partial charge in [-0.2, -0.15) is 15.0 Å². The SMILES string of the molecule is CCn1cnnc1CNc1nc(N)nc(OC)n1. The summed E-state index contributed by atoms with van der Waals surface area (Å²) in [5.41, 5.74) is 5.52. The van der Waals surface area contributed by atoms with E-state index >= 15 is 0 Å². The van der Waals surface area contributed by atoms with Crippen LogP contribution in [0.5, 0.6) is 6.01 Å². The van der Waals surface area contributed by atoms with Gasteiger partial charge in [-0.15, -0.1) is 10.2 Å². The number of aromatic nitrogens is 6. The van der Waals surface area contributed by atoms with E-state index in [0.29, 0.717) is 12.5 Å². The third-order valence-corrected chi connectivity index (χ3v) is 2.26. The summed E-state index contributed by atoms with van der Waals surface area (Å²) in [5.74, 6) is 1.22. The molecule has 3 N–H and O–H groups in total. The number of ether oxygens (including phenoxy) is 1. The molecule has 0 saturated carbocycles. The molecule has 96 valence electrons. The van der Waals surface area contributed by atoms with Crippen molar-refractivity contribution in [2.24, 2.45) is 0 Å². The molecule has 0 aromatic carbocycles. The highest BCUT2D eigenvalue weighted by Crippen LogP contribution is 2.09. The Hall–Kier alpha value is -2.45. The third-order valence-electron chi connectivity index (χ3n) is 2.26. The lowest BCUT2D eigenvalue weighted by Gasteiger charge is -2.06. The van der Waals surface area contributed by atoms with Crippen LogP contribution in [0.25, 0.3) is 0 Å². The Bertz CT molecular complexity index is 525. The van der Waals surface area contributed by atoms with Gasteiger partial charge in [-0.05, 0) is 6.92 Å². The Morgan fingerprint density at radius 2 is 2.22 bits per heavy atom. The fraction of sp³-hybridized carbons (Fsp3) is 0.444. The Morgan fingerprint density at radius 1 is 1.39 bits per heavy atom. The zero-order chi connectivity index (χ0) is 13.0. The van der Waals surface area contributed by atoms with Crippen molar-refractivity contribution in [1.82, 2.24) is 29.7 Å². The summed E-state index contributed by atoms with van der Waals surface area (Å²) in [6.45, 7) is 3.25. The van der Waals surface area contributed by atoms with Crippen molar-refractivity contribution >= 4 is 11.9 Å². The number of hydrogen-bond acceptors (Lipinski definition) is 8. The van der Waals surface area contributed by atoms with Crippen LogP contribution in [-0.4, -0.2) is 36.8 Å². The highest BCUT2D eigenvalue weighted by molar-refractivity contribution is 5.32. The maximum atomic E-state index is 5.52. The zero-order valence-corrected chi connectivity index (χ0v) is 10.2. The van der Waals surface area contributed by atoms with Crippen LogP contribution in [0.3, 0.4) is 0 Å². The van der Waals surface area contributed by atoms with Gasteiger partial charge in [0.2, 0.25) is 11.9 Å². The van der Waals surface area contributed by atoms with Crippen LogP contribution >= 0.6 is 0 Å². The number of nitrogens with one attached hydrogen (secondary N) is 1. The predicted molar refractivity (Wildman–Crippen MR) is 63.8 cm³/mol. The Morgan fingerprint density at radius 3 is 2.94 bits per heavy atom. The van der Waals surface area contributed by atoms with E-state index in [-0.39, 0.29) is 12.0 Å². The summed E-state index contributed by atoms with van der Waals surface area (Å²) >= 11 is 0. The number of rotatable bonds is 5. The van der Waals surface area contributed by atoms with Gasteiger partial charge in [-0.1, -0.05) is 0 Å². The maximum absolute atomic E-state index is 5.52. The van der Waals surface area contributed by atoms with Crippen LogP contribution in [0.4, 0.5) is 11.9 Å². The molecule has 2 aromatic heterocycles. The summed E-state index contributed by atoms with van der Waals surface area (Å²) in [4.78, 5) is 11.7. The van der Waals surface area contributed by atoms with E-state index in [0.717, 1.165) is 12.4 Å². The van der Waals surface area contributed by atoms with Crippen molar-refractivity contribution in [3.05, 3.63) is 12.2 Å². The van der Waals surface area contributed by atoms with Crippen LogP contribution in [0.1, 0.15) is 12.7 Å². The summed E-state index contributed by atoms with van der Waals surface area (Å²) in [5, 5.41) is 10.8. The molecule has 0 aliphatic carbocycles. The molecule has 0 spiro atoms. The predicted octanol–water partition coefficient (Wildman–Crippen LogP) is -0.314. The van der Waals surface area contributed by atoms with Crippen molar-refractivity contribution in [1.29, 1.82) is 0 Å². The van der Waals surface area contributed by atoms with Crippen LogP contribution in [0.2, 0.25) is 0 Å². The van der Waals surface area contributed by atoms with Gasteiger partial charge in [-0.3, -0.25) is 0 Å². The van der Waals surface area contributed by atoms with Gasteiger partial charge in [0, 0.05) is 6.54 Å². The molecule has 2 heterocycles. The average molecular weight is 250 g/mol. The minimum Gasteiger partial charge on any atom is -0.467 e. The molecule has 0 fully saturated rings. The van der Waals surface area contributed by atoms with Gasteiger partial charge >= 0.3 is 6.01 Å². The normalized spacial score (nSPS) is 10.3. The van der Waals surface area contributed by atoms with E-state index in [1.165, 1.54) is 7.11 Å². The molecule has 0 aliphatic rings. The molecule has 9 nitrogen and oxygen atoms in total. The molecule has 0 radical (unpaired) electrons. The minimum atomic E-state index is 0.0984. The quantitative estimate of drug-likeness (QED) is 0.741. The van der Waals surface area contributed by atoms with Gasteiger partial charge in [0.05, 0.1) is 13.7 Å². The lowest BCUT2D eigenvalue weighted by atomic mass is 10.5. The molecule has 0 saturated heterocycles. The summed E-state index contributed by atoms with van der Waals surface area (Å²) in [7, 11) is 1.46. The van der Waals surface area contributed by atoms with Gasteiger partial charge in [0.15, 0.2) is 5.82 Å². The van der Waals surface area contributed by atoms with Crippen LogP contribution in [-0.2, 0) is 13.1 Å². The van der Waals surface area contributed by atoms with Gasteiger partial charge < -0.3 is 20.4 Å². The molecule has 18 heavy (non-hydrogen) atoms. The van der Waals surface area contributed by atoms with Gasteiger partial charge in [0.25, 0.3) is 0 Å². The number of aryl methyl sites for hydroxylation is 1. The lowest BCUT2D eigenvalue weighted by Crippen LogP contribution is -2.11. The fourth-order valence-corrected chi connectivity index (χ4v) is 1.38. The number of methoxy groups -OCH3 is 1. The van der Waals surface area contributed by atoms with E-state index < -0.39 is 0 Å². The average Bonchev–Trinajstić information content (AvgIpc) is 2.83. The number of hydrogen-bond donors (Lipinski definition) is 2. The van der Waals surface area contributed by atoms with E-state index in [1.807, 2.05) is 11.5 Å². The molecule has 2 aromatic rings. The maximum Gasteiger partial charge on any atom is 0.322 e. The first-order valence-corrected chi connectivity index (χ1v) is 5.39. The van der Waals surface area contributed by atoms with Crippen molar-refractivity contribution in [3.8, 4) is 6.01 Å². The van der Waals surface area contributed by atoms with Crippen molar-refractivity contribution in [2.75, 3.05) is 18.2 Å². The van der Waals surface area contributed by atoms with Gasteiger partial charge in [0.1, 0.15) is 6.33 Å². The van der Waals surface area contributed by atoms with E-state index in [1.54, 1.807) is 6.33 Å². The van der Waals surface area contributed by atoms with Crippen LogP contribution < -0.4 is 15.8 Å². The summed E-state index contributed by atoms with van der Waals surface area (Å²) < 4.78 is 6.81. The number of nitrogens with two attached hydrogens (primary N) is 1. The number of anilines is 2. The molecule has 0 aliphatic heterocycles. The van der Waals surface area contributed by atoms with Crippen molar-refractivity contribution < 1.29 is 4.74 Å². The Kier molecular flexibility index (Phi) is 3.51. The molecule has 0 atom stereocenters. The first kappa shape index (κ1) is 12.0. The monoisotopic (exact) mass is 250 g/mol. The Balaban J connectivity index is 2.08. The summed E-state index contributed by atoms with van der Waals surface area (Å²) in [6, 6.07) is 0.168. The second kappa shape index (κ2) is 5.25. The number of nitrogens with zero attached hydrogens (tertiary/aromatic N) is 6. The second-order valence-electron chi connectivity index (χ2n) is 3.39. The molecule has 0 bridgehead atoms. The van der Waals surface area contributed by atoms with Crippen LogP contribution in [0, 0.1) is 0 Å². The molecular formula is C9H14N8O. The molecule has 9 heteroatoms. The largest absolute Gasteiger partial charge is 0.467 e. The smallest absolute Gasteiger partial charge is 0.322 e. The highest BCUT2D eigenvalue weighted by Gasteiger charge is 2.06. The third kappa shape index (κ3) is 2.62. The van der Waals surface area contributed by atoms with E-state index in [9.17, 15) is 0 Å². The second-order valence-corrected chi connectivity index (χ2v) is 3.39. The fourth-order valence-electron chi connectivity index (χ4n) is 1.38. The highest BCUT2D eigenvalue weighted by atomic mass is 16.5. The first-order valence-electron chi connectivity index (χ1n) is 5.39. The van der Waals surface area contributed by atoms with Crippen molar-refractivity contribution in [2.45, 2.75) is 20.0 Å². The van der Waals surface area contributed by atoms with E-state index in [2.05, 4.69) is 30.5 Å². The standard InChI is InChI=1S/C9H14N8O/c1-3-17-5-12-16-6(17)4-11-8-13-7(10)14-9(15-8)18-2/h5H,3-4H2,1-2H3,(H3,10,11,13,14,15). The Labute approximate surface area is 103 Å². The van der Waals surface area contributed by atoms with Gasteiger partial charge in [-0.25, -0.2) is 0 Å². The van der Waals surface area contributed by atoms with Crippen molar-refractivity contribution in [3.63, 3.8) is 0 Å². The molecule has 2 rings (SSSR count). The zero-order valence-electron chi connectivity index (χ0n) is 10.2. The lowest BCUT2D eigenvalue weighted by molar-refractivity contribution is 0.379. The minimum absolute atomic E-state index is 0.0984. The molecule has 0 amide bonds. The molecular weight excluding hydrogens is 236 g/mol. The van der Waals surface area contributed by atoms with Crippen LogP contribution in [0.15, 0.2) is 6.33 Å². The topological polar surface area (TPSA) is 117 Å². The first-order chi connectivity index (χ1) is 8.72. The number of nitrogen functional groups attached to an aromatic ring is 1. The molecule has 0 unspecified atom stereocenters.